The van der Waals surface area contributed by atoms with Gasteiger partial charge in [-0.3, -0.25) is 0 Å². The fourth-order valence-electron chi connectivity index (χ4n) is 0.116. The normalized spacial score (nSPS) is 10.9. The molecule has 0 heterocycles. The van der Waals surface area contributed by atoms with Gasteiger partial charge in [-0.1, -0.05) is 20.8 Å². The molecule has 0 amide bonds. The Hall–Kier alpha value is -0.290. The van der Waals surface area contributed by atoms with Crippen molar-refractivity contribution in [2.75, 3.05) is 7.05 Å². The van der Waals surface area contributed by atoms with E-state index in [-0.39, 0.29) is 0 Å². The molecule has 0 atom stereocenters. The van der Waals surface area contributed by atoms with E-state index in [4.69, 9.17) is 0 Å². The quantitative estimate of drug-likeness (QED) is 0.614. The Morgan fingerprint density at radius 1 is 1.18 bits per heavy atom. The van der Waals surface area contributed by atoms with Gasteiger partial charge in [0.05, 0.1) is 0 Å². The first-order valence-corrected chi connectivity index (χ1v) is 3.21. The van der Waals surface area contributed by atoms with Gasteiger partial charge in [-0.2, -0.15) is 5.48 Å². The summed E-state index contributed by atoms with van der Waals surface area (Å²) in [7, 11) is 1.04. The summed E-state index contributed by atoms with van der Waals surface area (Å²) in [6, 6.07) is 0. The Balaban J connectivity index is 0. The Labute approximate surface area is 64.7 Å². The van der Waals surface area contributed by atoms with E-state index < -0.39 is 6.36 Å². The Morgan fingerprint density at radius 3 is 1.45 bits per heavy atom. The van der Waals surface area contributed by atoms with E-state index in [1.165, 1.54) is 5.48 Å². The number of alkyl halides is 3. The molecule has 0 aromatic rings. The van der Waals surface area contributed by atoms with Crippen LogP contribution in [0.3, 0.4) is 0 Å². The molecule has 0 bridgehead atoms. The third-order valence-corrected chi connectivity index (χ3v) is 0.218. The van der Waals surface area contributed by atoms with Crippen LogP contribution < -0.4 is 5.48 Å². The molecule has 11 heavy (non-hydrogen) atoms. The summed E-state index contributed by atoms with van der Waals surface area (Å²) < 4.78 is 32.3. The van der Waals surface area contributed by atoms with Crippen molar-refractivity contribution < 1.29 is 18.0 Å². The number of nitrogens with one attached hydrogen (secondary N) is 1. The molecule has 1 N–H and O–H groups in total. The minimum atomic E-state index is -4.56. The van der Waals surface area contributed by atoms with Gasteiger partial charge < -0.3 is 0 Å². The first-order chi connectivity index (χ1) is 4.79. The lowest BCUT2D eigenvalue weighted by Gasteiger charge is -2.01. The monoisotopic (exact) mass is 173 g/mol. The fraction of sp³-hybridized carbons (Fsp3) is 1.00. The summed E-state index contributed by atoms with van der Waals surface area (Å²) in [6.45, 7) is 6.50. The van der Waals surface area contributed by atoms with Crippen molar-refractivity contribution >= 4 is 0 Å². The van der Waals surface area contributed by atoms with Crippen LogP contribution in [0.25, 0.3) is 0 Å². The average molecular weight is 173 g/mol. The summed E-state index contributed by atoms with van der Waals surface area (Å²) in [5.74, 6) is 0.833. The summed E-state index contributed by atoms with van der Waals surface area (Å²) in [5.41, 5.74) is 1.48. The third kappa shape index (κ3) is 41.9. The van der Waals surface area contributed by atoms with Crippen LogP contribution in [0.4, 0.5) is 13.2 Å². The molecule has 0 radical (unpaired) electrons. The maximum Gasteiger partial charge on any atom is 0.538 e. The minimum absolute atomic E-state index is 0.833. The van der Waals surface area contributed by atoms with E-state index in [1.54, 1.807) is 0 Å². The molecule has 2 nitrogen and oxygen atoms in total. The molecule has 0 rings (SSSR count). The highest BCUT2D eigenvalue weighted by Crippen LogP contribution is 2.12. The summed E-state index contributed by atoms with van der Waals surface area (Å²) >= 11 is 0. The second-order valence-electron chi connectivity index (χ2n) is 2.48. The predicted molar refractivity (Wildman–Crippen MR) is 36.7 cm³/mol. The van der Waals surface area contributed by atoms with Gasteiger partial charge in [-0.15, -0.1) is 13.2 Å². The molecule has 0 aromatic carbocycles. The van der Waals surface area contributed by atoms with E-state index in [2.05, 4.69) is 25.6 Å². The van der Waals surface area contributed by atoms with E-state index >= 15 is 0 Å². The molecule has 70 valence electrons. The van der Waals surface area contributed by atoms with E-state index in [1.807, 2.05) is 0 Å². The van der Waals surface area contributed by atoms with E-state index in [0.29, 0.717) is 0 Å². The standard InChI is InChI=1S/C4H10.C2H4F3NO/c1-4(2)3;1-6-7-2(3,4)5/h4H,1-3H3;6H,1H3. The fourth-order valence-corrected chi connectivity index (χ4v) is 0.116. The van der Waals surface area contributed by atoms with Gasteiger partial charge in [-0.05, 0) is 5.92 Å². The summed E-state index contributed by atoms with van der Waals surface area (Å²) in [5, 5.41) is 0. The van der Waals surface area contributed by atoms with Crippen molar-refractivity contribution in [3.63, 3.8) is 0 Å². The highest BCUT2D eigenvalue weighted by Gasteiger charge is 2.28. The second kappa shape index (κ2) is 6.42. The molecular formula is C6H14F3NO. The molecule has 0 unspecified atom stereocenters. The largest absolute Gasteiger partial charge is 0.538 e. The van der Waals surface area contributed by atoms with Gasteiger partial charge in [0.1, 0.15) is 0 Å². The molecule has 5 heteroatoms. The second-order valence-corrected chi connectivity index (χ2v) is 2.48. The van der Waals surface area contributed by atoms with Crippen LogP contribution in [0.1, 0.15) is 20.8 Å². The average Bonchev–Trinajstić information content (AvgIpc) is 1.58. The van der Waals surface area contributed by atoms with Crippen molar-refractivity contribution in [1.29, 1.82) is 0 Å². The maximum atomic E-state index is 10.8. The molecular weight excluding hydrogens is 159 g/mol. The first-order valence-electron chi connectivity index (χ1n) is 3.21. The number of hydrogen-bond donors (Lipinski definition) is 1. The topological polar surface area (TPSA) is 21.3 Å². The molecule has 0 aromatic heterocycles. The van der Waals surface area contributed by atoms with Gasteiger partial charge in [0, 0.05) is 7.05 Å². The van der Waals surface area contributed by atoms with Gasteiger partial charge in [-0.25, -0.2) is 4.84 Å². The molecule has 0 saturated heterocycles. The van der Waals surface area contributed by atoms with Crippen molar-refractivity contribution in [3.05, 3.63) is 0 Å². The van der Waals surface area contributed by atoms with Crippen molar-refractivity contribution in [1.82, 2.24) is 5.48 Å². The lowest BCUT2D eigenvalue weighted by Crippen LogP contribution is -2.21. The van der Waals surface area contributed by atoms with Crippen LogP contribution in [0.5, 0.6) is 0 Å². The third-order valence-electron chi connectivity index (χ3n) is 0.218. The van der Waals surface area contributed by atoms with Crippen LogP contribution in [-0.4, -0.2) is 13.4 Å². The van der Waals surface area contributed by atoms with Crippen LogP contribution in [0.2, 0.25) is 0 Å². The highest BCUT2D eigenvalue weighted by atomic mass is 19.4. The van der Waals surface area contributed by atoms with Gasteiger partial charge in [0.25, 0.3) is 0 Å². The van der Waals surface area contributed by atoms with Crippen LogP contribution in [0.15, 0.2) is 0 Å². The number of hydroxylamine groups is 1. The molecule has 0 aliphatic carbocycles. The smallest absolute Gasteiger partial charge is 0.203 e. The lowest BCUT2D eigenvalue weighted by molar-refractivity contribution is -0.347. The summed E-state index contributed by atoms with van der Waals surface area (Å²) in [6.07, 6.45) is -4.56. The molecule has 0 aliphatic heterocycles. The molecule has 0 spiro atoms. The molecule has 0 fully saturated rings. The minimum Gasteiger partial charge on any atom is -0.203 e. The van der Waals surface area contributed by atoms with Gasteiger partial charge in [0.2, 0.25) is 0 Å². The van der Waals surface area contributed by atoms with Gasteiger partial charge in [0.15, 0.2) is 0 Å². The lowest BCUT2D eigenvalue weighted by atomic mass is 10.3. The maximum absolute atomic E-state index is 10.8. The van der Waals surface area contributed by atoms with Crippen LogP contribution in [0, 0.1) is 5.92 Å². The number of halogens is 3. The Kier molecular flexibility index (Phi) is 7.77. The van der Waals surface area contributed by atoms with E-state index in [9.17, 15) is 13.2 Å². The van der Waals surface area contributed by atoms with Crippen LogP contribution in [-0.2, 0) is 4.84 Å². The van der Waals surface area contributed by atoms with Crippen molar-refractivity contribution in [3.8, 4) is 0 Å². The van der Waals surface area contributed by atoms with Crippen LogP contribution >= 0.6 is 0 Å². The van der Waals surface area contributed by atoms with Crippen molar-refractivity contribution in [2.45, 2.75) is 27.1 Å². The summed E-state index contributed by atoms with van der Waals surface area (Å²) in [4.78, 5) is 2.98. The van der Waals surface area contributed by atoms with Crippen molar-refractivity contribution in [2.24, 2.45) is 5.92 Å². The SMILES string of the molecule is CC(C)C.CNOC(F)(F)F. The zero-order valence-electron chi connectivity index (χ0n) is 7.12. The molecule has 0 saturated carbocycles. The predicted octanol–water partition coefficient (Wildman–Crippen LogP) is 2.32. The van der Waals surface area contributed by atoms with E-state index in [0.717, 1.165) is 13.0 Å². The molecule has 0 aliphatic rings. The Bertz CT molecular complexity index is 79.6. The first kappa shape index (κ1) is 13.3. The zero-order chi connectivity index (χ0) is 9.49. The number of rotatable bonds is 1. The number of hydrogen-bond acceptors (Lipinski definition) is 2. The highest BCUT2D eigenvalue weighted by molar-refractivity contribution is 4.20. The zero-order valence-corrected chi connectivity index (χ0v) is 7.12. The Morgan fingerprint density at radius 2 is 1.45 bits per heavy atom. The van der Waals surface area contributed by atoms with Gasteiger partial charge >= 0.3 is 6.36 Å².